The van der Waals surface area contributed by atoms with E-state index in [2.05, 4.69) is 15.5 Å². The van der Waals surface area contributed by atoms with Crippen molar-refractivity contribution in [3.05, 3.63) is 59.1 Å². The molecule has 0 radical (unpaired) electrons. The predicted molar refractivity (Wildman–Crippen MR) is 120 cm³/mol. The van der Waals surface area contributed by atoms with Gasteiger partial charge in [0, 0.05) is 36.8 Å². The average molecular weight is 453 g/mol. The second-order valence-corrected chi connectivity index (χ2v) is 9.41. The summed E-state index contributed by atoms with van der Waals surface area (Å²) < 4.78 is 24.9. The zero-order valence-corrected chi connectivity index (χ0v) is 18.1. The lowest BCUT2D eigenvalue weighted by Crippen LogP contribution is -2.48. The van der Waals surface area contributed by atoms with Crippen molar-refractivity contribution in [1.29, 1.82) is 0 Å². The number of halogens is 1. The van der Waals surface area contributed by atoms with Crippen LogP contribution in [0.5, 0.6) is 0 Å². The van der Waals surface area contributed by atoms with Crippen LogP contribution in [0.25, 0.3) is 0 Å². The summed E-state index contributed by atoms with van der Waals surface area (Å²) in [5.74, 6) is -0.335. The summed E-state index contributed by atoms with van der Waals surface area (Å²) in [5.41, 5.74) is 2.08. The Morgan fingerprint density at radius 2 is 1.66 bits per heavy atom. The summed E-state index contributed by atoms with van der Waals surface area (Å²) in [6.07, 6.45) is 1.22. The molecule has 0 atom stereocenters. The van der Waals surface area contributed by atoms with E-state index in [4.69, 9.17) is 23.8 Å². The predicted octanol–water partition coefficient (Wildman–Crippen LogP) is 2.55. The van der Waals surface area contributed by atoms with Crippen molar-refractivity contribution in [2.24, 2.45) is 0 Å². The van der Waals surface area contributed by atoms with Crippen molar-refractivity contribution in [1.82, 2.24) is 9.62 Å². The number of carbonyl (C=O) groups is 1. The van der Waals surface area contributed by atoms with Gasteiger partial charge in [-0.15, -0.1) is 0 Å². The van der Waals surface area contributed by atoms with Crippen molar-refractivity contribution in [2.45, 2.75) is 0 Å². The number of rotatable bonds is 4. The molecule has 0 aromatic heterocycles. The maximum absolute atomic E-state index is 12.3. The summed E-state index contributed by atoms with van der Waals surface area (Å²) in [6, 6.07) is 14.1. The first-order valence-electron chi connectivity index (χ1n) is 8.91. The van der Waals surface area contributed by atoms with E-state index in [0.29, 0.717) is 36.8 Å². The lowest BCUT2D eigenvalue weighted by atomic mass is 10.2. The highest BCUT2D eigenvalue weighted by molar-refractivity contribution is 7.88. The molecule has 29 heavy (non-hydrogen) atoms. The maximum Gasteiger partial charge on any atom is 0.257 e. The third-order valence-corrected chi connectivity index (χ3v) is 6.29. The molecule has 2 aromatic rings. The molecule has 0 spiro atoms. The number of carbonyl (C=O) groups excluding carboxylic acids is 1. The number of thiocarbonyl (C=S) groups is 1. The molecule has 2 N–H and O–H groups in total. The van der Waals surface area contributed by atoms with E-state index in [1.807, 2.05) is 24.3 Å². The number of benzene rings is 2. The van der Waals surface area contributed by atoms with Gasteiger partial charge in [-0.1, -0.05) is 23.7 Å². The highest BCUT2D eigenvalue weighted by Crippen LogP contribution is 2.27. The Morgan fingerprint density at radius 3 is 2.28 bits per heavy atom. The van der Waals surface area contributed by atoms with Gasteiger partial charge in [-0.05, 0) is 48.6 Å². The lowest BCUT2D eigenvalue weighted by molar-refractivity contribution is 0.0977. The number of hydrogen-bond acceptors (Lipinski definition) is 5. The number of anilines is 2. The molecule has 1 heterocycles. The highest BCUT2D eigenvalue weighted by atomic mass is 35.5. The summed E-state index contributed by atoms with van der Waals surface area (Å²) in [5, 5.41) is 6.44. The van der Waals surface area contributed by atoms with Gasteiger partial charge in [-0.2, -0.15) is 4.31 Å². The molecule has 1 fully saturated rings. The van der Waals surface area contributed by atoms with Crippen molar-refractivity contribution in [3.8, 4) is 0 Å². The van der Waals surface area contributed by atoms with Crippen LogP contribution in [0.3, 0.4) is 0 Å². The van der Waals surface area contributed by atoms with Crippen LogP contribution in [0.15, 0.2) is 48.5 Å². The van der Waals surface area contributed by atoms with E-state index in [-0.39, 0.29) is 11.0 Å². The Hall–Kier alpha value is -2.20. The Kier molecular flexibility index (Phi) is 6.74. The van der Waals surface area contributed by atoms with Gasteiger partial charge in [0.1, 0.15) is 0 Å². The number of amides is 1. The van der Waals surface area contributed by atoms with E-state index in [0.717, 1.165) is 11.4 Å². The summed E-state index contributed by atoms with van der Waals surface area (Å²) in [4.78, 5) is 14.4. The Bertz CT molecular complexity index is 1000. The quantitative estimate of drug-likeness (QED) is 0.694. The third-order valence-electron chi connectivity index (χ3n) is 4.53. The van der Waals surface area contributed by atoms with Crippen LogP contribution in [0.2, 0.25) is 5.02 Å². The van der Waals surface area contributed by atoms with E-state index in [9.17, 15) is 13.2 Å². The Morgan fingerprint density at radius 1 is 1.03 bits per heavy atom. The van der Waals surface area contributed by atoms with Crippen molar-refractivity contribution < 1.29 is 13.2 Å². The monoisotopic (exact) mass is 452 g/mol. The smallest absolute Gasteiger partial charge is 0.257 e. The molecule has 0 bridgehead atoms. The van der Waals surface area contributed by atoms with Crippen LogP contribution in [0.1, 0.15) is 10.4 Å². The minimum Gasteiger partial charge on any atom is -0.367 e. The summed E-state index contributed by atoms with van der Waals surface area (Å²) in [6.45, 7) is 1.97. The number of para-hydroxylation sites is 2. The largest absolute Gasteiger partial charge is 0.367 e. The molecule has 10 heteroatoms. The molecule has 1 aliphatic rings. The molecule has 7 nitrogen and oxygen atoms in total. The first-order chi connectivity index (χ1) is 13.7. The molecule has 2 aromatic carbocycles. The van der Waals surface area contributed by atoms with Crippen LogP contribution >= 0.6 is 23.8 Å². The average Bonchev–Trinajstić information content (AvgIpc) is 2.68. The molecule has 3 rings (SSSR count). The normalized spacial score (nSPS) is 15.0. The van der Waals surface area contributed by atoms with E-state index in [1.165, 1.54) is 10.6 Å². The SMILES string of the molecule is CS(=O)(=O)N1CCN(c2ccccc2NC(=S)NC(=O)c2ccc(Cl)cc2)CC1. The van der Waals surface area contributed by atoms with Gasteiger partial charge in [0.15, 0.2) is 5.11 Å². The fourth-order valence-corrected chi connectivity index (χ4v) is 4.20. The summed E-state index contributed by atoms with van der Waals surface area (Å²) in [7, 11) is -3.19. The van der Waals surface area contributed by atoms with Gasteiger partial charge in [-0.25, -0.2) is 8.42 Å². The van der Waals surface area contributed by atoms with Crippen LogP contribution in [0, 0.1) is 0 Å². The fraction of sp³-hybridized carbons (Fsp3) is 0.263. The molecule has 1 amide bonds. The second-order valence-electron chi connectivity index (χ2n) is 6.58. The lowest BCUT2D eigenvalue weighted by Gasteiger charge is -2.35. The minimum absolute atomic E-state index is 0.173. The molecule has 0 unspecified atom stereocenters. The topological polar surface area (TPSA) is 81.8 Å². The van der Waals surface area contributed by atoms with Gasteiger partial charge in [0.05, 0.1) is 17.6 Å². The minimum atomic E-state index is -3.19. The number of hydrogen-bond donors (Lipinski definition) is 2. The van der Waals surface area contributed by atoms with Gasteiger partial charge in [0.25, 0.3) is 5.91 Å². The van der Waals surface area contributed by atoms with Crippen LogP contribution < -0.4 is 15.5 Å². The van der Waals surface area contributed by atoms with Crippen LogP contribution in [-0.4, -0.2) is 56.2 Å². The van der Waals surface area contributed by atoms with Gasteiger partial charge in [0.2, 0.25) is 10.0 Å². The van der Waals surface area contributed by atoms with Crippen molar-refractivity contribution >= 4 is 56.2 Å². The molecular formula is C19H21ClN4O3S2. The summed E-state index contributed by atoms with van der Waals surface area (Å²) >= 11 is 11.1. The first kappa shape index (κ1) is 21.5. The fourth-order valence-electron chi connectivity index (χ4n) is 3.05. The van der Waals surface area contributed by atoms with Gasteiger partial charge in [-0.3, -0.25) is 10.1 Å². The highest BCUT2D eigenvalue weighted by Gasteiger charge is 2.24. The molecule has 1 aliphatic heterocycles. The number of nitrogens with one attached hydrogen (secondary N) is 2. The molecule has 154 valence electrons. The molecule has 0 saturated carbocycles. The van der Waals surface area contributed by atoms with Crippen molar-refractivity contribution in [2.75, 3.05) is 42.7 Å². The first-order valence-corrected chi connectivity index (χ1v) is 11.5. The molecular weight excluding hydrogens is 432 g/mol. The maximum atomic E-state index is 12.3. The number of sulfonamides is 1. The molecule has 1 saturated heterocycles. The zero-order chi connectivity index (χ0) is 21.0. The third kappa shape index (κ3) is 5.66. The second kappa shape index (κ2) is 9.08. The molecule has 0 aliphatic carbocycles. The van der Waals surface area contributed by atoms with E-state index in [1.54, 1.807) is 24.3 Å². The van der Waals surface area contributed by atoms with E-state index >= 15 is 0 Å². The number of piperazine rings is 1. The van der Waals surface area contributed by atoms with Crippen LogP contribution in [-0.2, 0) is 10.0 Å². The van der Waals surface area contributed by atoms with Crippen LogP contribution in [0.4, 0.5) is 11.4 Å². The van der Waals surface area contributed by atoms with Gasteiger partial charge < -0.3 is 10.2 Å². The Labute approximate surface area is 180 Å². The zero-order valence-electron chi connectivity index (χ0n) is 15.8. The van der Waals surface area contributed by atoms with E-state index < -0.39 is 10.0 Å². The Balaban J connectivity index is 1.65. The van der Waals surface area contributed by atoms with Crippen molar-refractivity contribution in [3.63, 3.8) is 0 Å². The standard InChI is InChI=1S/C19H21ClN4O3S2/c1-29(26,27)24-12-10-23(11-13-24)17-5-3-2-4-16(17)21-19(28)22-18(25)14-6-8-15(20)9-7-14/h2-9H,10-13H2,1H3,(H2,21,22,25,28). The van der Waals surface area contributed by atoms with Gasteiger partial charge >= 0.3 is 0 Å². The number of nitrogens with zero attached hydrogens (tertiary/aromatic N) is 2.